The van der Waals surface area contributed by atoms with Crippen LogP contribution in [0.1, 0.15) is 20.3 Å². The van der Waals surface area contributed by atoms with Gasteiger partial charge in [-0.05, 0) is 44.5 Å². The lowest BCUT2D eigenvalue weighted by Gasteiger charge is -2.24. The molecule has 0 radical (unpaired) electrons. The molecule has 1 aromatic rings. The molecule has 0 aromatic heterocycles. The number of rotatable bonds is 6. The first-order valence-corrected chi connectivity index (χ1v) is 9.51. The maximum atomic E-state index is 12.9. The highest BCUT2D eigenvalue weighted by molar-refractivity contribution is 7.91. The van der Waals surface area contributed by atoms with E-state index in [1.807, 2.05) is 0 Å². The summed E-state index contributed by atoms with van der Waals surface area (Å²) in [7, 11) is -3.10. The van der Waals surface area contributed by atoms with Crippen LogP contribution in [0.5, 0.6) is 5.75 Å². The van der Waals surface area contributed by atoms with Gasteiger partial charge in [0.05, 0.1) is 11.5 Å². The van der Waals surface area contributed by atoms with E-state index < -0.39 is 45.8 Å². The molecule has 0 aliphatic carbocycles. The van der Waals surface area contributed by atoms with E-state index in [4.69, 9.17) is 9.47 Å². The Morgan fingerprint density at radius 2 is 1.92 bits per heavy atom. The predicted octanol–water partition coefficient (Wildman–Crippen LogP) is 0.830. The van der Waals surface area contributed by atoms with Crippen molar-refractivity contribution in [1.82, 2.24) is 5.32 Å². The van der Waals surface area contributed by atoms with E-state index in [-0.39, 0.29) is 17.3 Å². The van der Waals surface area contributed by atoms with Gasteiger partial charge < -0.3 is 14.8 Å². The topological polar surface area (TPSA) is 98.8 Å². The van der Waals surface area contributed by atoms with Gasteiger partial charge in [-0.1, -0.05) is 0 Å². The Balaban J connectivity index is 1.81. The third-order valence-corrected chi connectivity index (χ3v) is 5.38. The van der Waals surface area contributed by atoms with Crippen LogP contribution in [0.2, 0.25) is 0 Å². The molecule has 9 heteroatoms. The van der Waals surface area contributed by atoms with Crippen molar-refractivity contribution in [1.29, 1.82) is 0 Å². The molecule has 1 aliphatic rings. The monoisotopic (exact) mass is 373 g/mol. The number of hydrogen-bond acceptors (Lipinski definition) is 6. The van der Waals surface area contributed by atoms with Gasteiger partial charge in [-0.25, -0.2) is 17.6 Å². The van der Waals surface area contributed by atoms with Gasteiger partial charge in [0, 0.05) is 6.04 Å². The summed E-state index contributed by atoms with van der Waals surface area (Å²) in [5.74, 6) is -1.57. The van der Waals surface area contributed by atoms with Gasteiger partial charge in [-0.2, -0.15) is 0 Å². The molecule has 0 saturated carbocycles. The lowest BCUT2D eigenvalue weighted by Crippen LogP contribution is -2.43. The second-order valence-electron chi connectivity index (χ2n) is 6.31. The lowest BCUT2D eigenvalue weighted by atomic mass is 10.1. The van der Waals surface area contributed by atoms with Crippen molar-refractivity contribution in [2.75, 3.05) is 18.1 Å². The molecule has 0 spiro atoms. The van der Waals surface area contributed by atoms with Crippen LogP contribution in [-0.2, 0) is 24.2 Å². The Hall–Kier alpha value is -2.16. The number of esters is 1. The highest BCUT2D eigenvalue weighted by Crippen LogP contribution is 2.20. The summed E-state index contributed by atoms with van der Waals surface area (Å²) in [6.45, 7) is 2.38. The van der Waals surface area contributed by atoms with Crippen LogP contribution in [-0.4, -0.2) is 50.0 Å². The van der Waals surface area contributed by atoms with E-state index in [9.17, 15) is 22.4 Å². The number of sulfone groups is 1. The number of amides is 1. The van der Waals surface area contributed by atoms with Gasteiger partial charge >= 0.3 is 5.97 Å². The Bertz CT molecular complexity index is 744. The number of halogens is 1. The molecule has 1 aromatic carbocycles. The zero-order valence-corrected chi connectivity index (χ0v) is 14.8. The van der Waals surface area contributed by atoms with Gasteiger partial charge in [0.2, 0.25) is 0 Å². The number of nitrogens with one attached hydrogen (secondary N) is 1. The summed E-state index contributed by atoms with van der Waals surface area (Å²) in [6.07, 6.45) is 0.348. The fourth-order valence-corrected chi connectivity index (χ4v) is 4.00. The number of ether oxygens (including phenoxy) is 2. The lowest BCUT2D eigenvalue weighted by molar-refractivity contribution is -0.162. The summed E-state index contributed by atoms with van der Waals surface area (Å²) in [4.78, 5) is 23.9. The van der Waals surface area contributed by atoms with Crippen LogP contribution in [0.15, 0.2) is 24.3 Å². The average Bonchev–Trinajstić information content (AvgIpc) is 2.85. The van der Waals surface area contributed by atoms with Gasteiger partial charge in [-0.15, -0.1) is 0 Å². The van der Waals surface area contributed by atoms with Crippen LogP contribution >= 0.6 is 0 Å². The van der Waals surface area contributed by atoms with Crippen molar-refractivity contribution in [2.24, 2.45) is 0 Å². The van der Waals surface area contributed by atoms with Crippen molar-refractivity contribution < 1.29 is 31.9 Å². The standard InChI is InChI=1S/C16H20FNO6S/c1-16(2,24-13-5-3-11(17)4-6-13)15(20)23-9-14(19)18-12-7-8-25(21,22)10-12/h3-6,12H,7-10H2,1-2H3,(H,18,19)/t12-/m0/s1. The van der Waals surface area contributed by atoms with Crippen LogP contribution in [0.25, 0.3) is 0 Å². The summed E-state index contributed by atoms with van der Waals surface area (Å²) < 4.78 is 45.9. The maximum absolute atomic E-state index is 12.9. The van der Waals surface area contributed by atoms with Crippen molar-refractivity contribution in [3.63, 3.8) is 0 Å². The summed E-state index contributed by atoms with van der Waals surface area (Å²) in [6, 6.07) is 4.68. The Labute approximate surface area is 145 Å². The summed E-state index contributed by atoms with van der Waals surface area (Å²) in [5, 5.41) is 2.52. The molecular weight excluding hydrogens is 353 g/mol. The Morgan fingerprint density at radius 3 is 2.48 bits per heavy atom. The minimum Gasteiger partial charge on any atom is -0.476 e. The molecule has 1 saturated heterocycles. The van der Waals surface area contributed by atoms with Crippen LogP contribution in [0.4, 0.5) is 4.39 Å². The third-order valence-electron chi connectivity index (χ3n) is 3.61. The largest absolute Gasteiger partial charge is 0.476 e. The quantitative estimate of drug-likeness (QED) is 0.742. The van der Waals surface area contributed by atoms with E-state index in [2.05, 4.69) is 5.32 Å². The third kappa shape index (κ3) is 5.70. The Kier molecular flexibility index (Phi) is 5.66. The van der Waals surface area contributed by atoms with Gasteiger partial charge in [0.25, 0.3) is 5.91 Å². The summed E-state index contributed by atoms with van der Waals surface area (Å²) in [5.41, 5.74) is -1.38. The highest BCUT2D eigenvalue weighted by Gasteiger charge is 2.33. The number of carbonyl (C=O) groups is 2. The number of hydrogen-bond donors (Lipinski definition) is 1. The molecule has 0 unspecified atom stereocenters. The predicted molar refractivity (Wildman–Crippen MR) is 87.3 cm³/mol. The molecule has 1 heterocycles. The zero-order chi connectivity index (χ0) is 18.7. The van der Waals surface area contributed by atoms with Gasteiger partial charge in [0.15, 0.2) is 22.0 Å². The Morgan fingerprint density at radius 1 is 1.28 bits per heavy atom. The van der Waals surface area contributed by atoms with Gasteiger partial charge in [-0.3, -0.25) is 4.79 Å². The van der Waals surface area contributed by atoms with Crippen molar-refractivity contribution >= 4 is 21.7 Å². The average molecular weight is 373 g/mol. The van der Waals surface area contributed by atoms with Gasteiger partial charge in [0.1, 0.15) is 11.6 Å². The van der Waals surface area contributed by atoms with E-state index in [1.165, 1.54) is 38.1 Å². The van der Waals surface area contributed by atoms with Crippen LogP contribution in [0, 0.1) is 5.82 Å². The van der Waals surface area contributed by atoms with Crippen molar-refractivity contribution in [3.8, 4) is 5.75 Å². The molecule has 1 atom stereocenters. The molecular formula is C16H20FNO6S. The molecule has 1 amide bonds. The maximum Gasteiger partial charge on any atom is 0.350 e. The van der Waals surface area contributed by atoms with Crippen molar-refractivity contribution in [2.45, 2.75) is 31.9 Å². The molecule has 25 heavy (non-hydrogen) atoms. The smallest absolute Gasteiger partial charge is 0.350 e. The SMILES string of the molecule is CC(C)(Oc1ccc(F)cc1)C(=O)OCC(=O)N[C@H]1CCS(=O)(=O)C1. The fraction of sp³-hybridized carbons (Fsp3) is 0.500. The fourth-order valence-electron chi connectivity index (χ4n) is 2.32. The minimum absolute atomic E-state index is 0.0380. The zero-order valence-electron chi connectivity index (χ0n) is 14.0. The first-order valence-electron chi connectivity index (χ1n) is 7.69. The number of carbonyl (C=O) groups excluding carboxylic acids is 2. The molecule has 1 fully saturated rings. The molecule has 7 nitrogen and oxygen atoms in total. The second kappa shape index (κ2) is 7.38. The van der Waals surface area contributed by atoms with Crippen LogP contribution in [0.3, 0.4) is 0 Å². The highest BCUT2D eigenvalue weighted by atomic mass is 32.2. The molecule has 2 rings (SSSR count). The number of benzene rings is 1. The van der Waals surface area contributed by atoms with E-state index in [1.54, 1.807) is 0 Å². The first-order chi connectivity index (χ1) is 11.6. The molecule has 1 N–H and O–H groups in total. The normalized spacial score (nSPS) is 19.2. The van der Waals surface area contributed by atoms with Crippen molar-refractivity contribution in [3.05, 3.63) is 30.1 Å². The minimum atomic E-state index is -3.10. The van der Waals surface area contributed by atoms with E-state index >= 15 is 0 Å². The first kappa shape index (κ1) is 19.2. The molecule has 1 aliphatic heterocycles. The van der Waals surface area contributed by atoms with Crippen LogP contribution < -0.4 is 10.1 Å². The second-order valence-corrected chi connectivity index (χ2v) is 8.54. The summed E-state index contributed by atoms with van der Waals surface area (Å²) >= 11 is 0. The molecule has 138 valence electrons. The van der Waals surface area contributed by atoms with E-state index in [0.717, 1.165) is 0 Å². The molecule has 0 bridgehead atoms. The van der Waals surface area contributed by atoms with E-state index in [0.29, 0.717) is 6.42 Å².